The van der Waals surface area contributed by atoms with Gasteiger partial charge < -0.3 is 4.90 Å². The van der Waals surface area contributed by atoms with Crippen LogP contribution in [0.1, 0.15) is 20.3 Å². The highest BCUT2D eigenvalue weighted by Gasteiger charge is 2.43. The SMILES string of the molecule is C=C(C(C)C)n1c(=O)n(CCN2CCC(C(F)(F)F)C2)c2cc3ncccc3cc21. The molecule has 4 rings (SSSR count). The monoisotopic (exact) mass is 418 g/mol. The molecule has 1 aliphatic rings. The van der Waals surface area contributed by atoms with Gasteiger partial charge in [-0.05, 0) is 37.1 Å². The second-order valence-electron chi connectivity index (χ2n) is 8.28. The summed E-state index contributed by atoms with van der Waals surface area (Å²) in [5.41, 5.74) is 2.70. The third-order valence-electron chi connectivity index (χ3n) is 5.98. The van der Waals surface area contributed by atoms with Gasteiger partial charge in [0.1, 0.15) is 0 Å². The number of hydrogen-bond acceptors (Lipinski definition) is 3. The fourth-order valence-electron chi connectivity index (χ4n) is 4.12. The van der Waals surface area contributed by atoms with Gasteiger partial charge in [-0.1, -0.05) is 26.5 Å². The molecule has 0 N–H and O–H groups in total. The Morgan fingerprint density at radius 2 is 2.03 bits per heavy atom. The second kappa shape index (κ2) is 7.58. The first-order chi connectivity index (χ1) is 14.2. The van der Waals surface area contributed by atoms with Crippen molar-refractivity contribution >= 4 is 27.6 Å². The number of fused-ring (bicyclic) bond motifs is 2. The van der Waals surface area contributed by atoms with Crippen LogP contribution < -0.4 is 5.69 Å². The van der Waals surface area contributed by atoms with E-state index in [-0.39, 0.29) is 24.6 Å². The lowest BCUT2D eigenvalue weighted by Crippen LogP contribution is -2.32. The van der Waals surface area contributed by atoms with Gasteiger partial charge in [0.25, 0.3) is 0 Å². The Bertz CT molecular complexity index is 1160. The van der Waals surface area contributed by atoms with E-state index in [2.05, 4.69) is 11.6 Å². The number of aromatic nitrogens is 3. The minimum Gasteiger partial charge on any atom is -0.301 e. The molecule has 1 atom stereocenters. The molecule has 0 saturated carbocycles. The number of hydrogen-bond donors (Lipinski definition) is 0. The van der Waals surface area contributed by atoms with Crippen LogP contribution in [-0.2, 0) is 6.54 Å². The highest BCUT2D eigenvalue weighted by atomic mass is 19.4. The maximum atomic E-state index is 13.3. The number of pyridine rings is 1. The molecule has 5 nitrogen and oxygen atoms in total. The molecular formula is C22H25F3N4O. The van der Waals surface area contributed by atoms with Crippen LogP contribution in [0.2, 0.25) is 0 Å². The zero-order valence-electron chi connectivity index (χ0n) is 17.1. The number of nitrogens with zero attached hydrogens (tertiary/aromatic N) is 4. The highest BCUT2D eigenvalue weighted by molar-refractivity contribution is 5.94. The van der Waals surface area contributed by atoms with Crippen LogP contribution >= 0.6 is 0 Å². The molecule has 1 unspecified atom stereocenters. The van der Waals surface area contributed by atoms with E-state index < -0.39 is 12.1 Å². The Hall–Kier alpha value is -2.61. The predicted molar refractivity (Wildman–Crippen MR) is 112 cm³/mol. The van der Waals surface area contributed by atoms with E-state index in [4.69, 9.17) is 0 Å². The second-order valence-corrected chi connectivity index (χ2v) is 8.28. The van der Waals surface area contributed by atoms with Crippen LogP contribution in [0.5, 0.6) is 0 Å². The smallest absolute Gasteiger partial charge is 0.301 e. The molecule has 160 valence electrons. The average Bonchev–Trinajstić information content (AvgIpc) is 3.26. The number of likely N-dealkylation sites (tertiary alicyclic amines) is 1. The molecule has 0 bridgehead atoms. The van der Waals surface area contributed by atoms with Gasteiger partial charge in [-0.25, -0.2) is 4.79 Å². The molecular weight excluding hydrogens is 393 g/mol. The Kier molecular flexibility index (Phi) is 5.22. The lowest BCUT2D eigenvalue weighted by molar-refractivity contribution is -0.170. The molecule has 1 aromatic carbocycles. The number of imidazole rings is 1. The summed E-state index contributed by atoms with van der Waals surface area (Å²) < 4.78 is 42.2. The highest BCUT2D eigenvalue weighted by Crippen LogP contribution is 2.33. The van der Waals surface area contributed by atoms with Crippen LogP contribution in [0.25, 0.3) is 27.6 Å². The molecule has 1 aliphatic heterocycles. The molecule has 0 amide bonds. The Labute approximate surface area is 172 Å². The molecule has 8 heteroatoms. The zero-order valence-corrected chi connectivity index (χ0v) is 17.1. The van der Waals surface area contributed by atoms with Gasteiger partial charge in [0.15, 0.2) is 0 Å². The van der Waals surface area contributed by atoms with E-state index in [0.717, 1.165) is 21.9 Å². The van der Waals surface area contributed by atoms with Gasteiger partial charge in [0, 0.05) is 36.9 Å². The van der Waals surface area contributed by atoms with Crippen molar-refractivity contribution in [1.29, 1.82) is 0 Å². The van der Waals surface area contributed by atoms with Gasteiger partial charge in [-0.15, -0.1) is 0 Å². The minimum absolute atomic E-state index is 0.0138. The van der Waals surface area contributed by atoms with Crippen LogP contribution in [-0.4, -0.2) is 44.8 Å². The maximum Gasteiger partial charge on any atom is 0.393 e. The van der Waals surface area contributed by atoms with Crippen LogP contribution in [0.15, 0.2) is 41.8 Å². The van der Waals surface area contributed by atoms with Crippen molar-refractivity contribution in [2.45, 2.75) is 33.0 Å². The third kappa shape index (κ3) is 3.64. The molecule has 0 aliphatic carbocycles. The van der Waals surface area contributed by atoms with Crippen molar-refractivity contribution in [1.82, 2.24) is 19.0 Å². The van der Waals surface area contributed by atoms with E-state index in [1.807, 2.05) is 38.1 Å². The van der Waals surface area contributed by atoms with Crippen molar-refractivity contribution in [2.75, 3.05) is 19.6 Å². The van der Waals surface area contributed by atoms with Gasteiger partial charge in [0.2, 0.25) is 0 Å². The number of halogens is 3. The first-order valence-electron chi connectivity index (χ1n) is 10.1. The molecule has 1 saturated heterocycles. The van der Waals surface area contributed by atoms with Crippen molar-refractivity contribution in [3.8, 4) is 0 Å². The standard InChI is InChI=1S/C22H25F3N4O/c1-14(2)15(3)29-20-11-16-5-4-7-26-18(16)12-19(20)28(21(29)30)10-9-27-8-6-17(13-27)22(23,24)25/h4-5,7,11-12,14,17H,3,6,8-10,13H2,1-2H3. The van der Waals surface area contributed by atoms with Crippen molar-refractivity contribution in [3.05, 3.63) is 47.5 Å². The van der Waals surface area contributed by atoms with Crippen LogP contribution in [0, 0.1) is 11.8 Å². The van der Waals surface area contributed by atoms with E-state index in [9.17, 15) is 18.0 Å². The summed E-state index contributed by atoms with van der Waals surface area (Å²) in [5, 5.41) is 0.917. The van der Waals surface area contributed by atoms with Crippen molar-refractivity contribution in [2.24, 2.45) is 11.8 Å². The lowest BCUT2D eigenvalue weighted by atomic mass is 10.1. The lowest BCUT2D eigenvalue weighted by Gasteiger charge is -2.17. The van der Waals surface area contributed by atoms with E-state index in [1.165, 1.54) is 0 Å². The molecule has 0 radical (unpaired) electrons. The summed E-state index contributed by atoms with van der Waals surface area (Å²) in [6, 6.07) is 7.58. The third-order valence-corrected chi connectivity index (χ3v) is 5.98. The van der Waals surface area contributed by atoms with Crippen LogP contribution in [0.3, 0.4) is 0 Å². The summed E-state index contributed by atoms with van der Waals surface area (Å²) in [4.78, 5) is 19.5. The Balaban J connectivity index is 1.72. The number of rotatable bonds is 5. The van der Waals surface area contributed by atoms with Gasteiger partial charge >= 0.3 is 11.9 Å². The minimum atomic E-state index is -4.17. The predicted octanol–water partition coefficient (Wildman–Crippen LogP) is 4.36. The van der Waals surface area contributed by atoms with Gasteiger partial charge in [-0.2, -0.15) is 13.2 Å². The van der Waals surface area contributed by atoms with E-state index >= 15 is 0 Å². The quantitative estimate of drug-likeness (QED) is 0.618. The summed E-state index contributed by atoms with van der Waals surface area (Å²) in [5.74, 6) is -1.22. The van der Waals surface area contributed by atoms with E-state index in [1.54, 1.807) is 20.2 Å². The topological polar surface area (TPSA) is 43.1 Å². The molecule has 30 heavy (non-hydrogen) atoms. The van der Waals surface area contributed by atoms with Crippen molar-refractivity contribution < 1.29 is 13.2 Å². The summed E-state index contributed by atoms with van der Waals surface area (Å²) in [6.07, 6.45) is -2.36. The average molecular weight is 418 g/mol. The number of benzene rings is 1. The van der Waals surface area contributed by atoms with Gasteiger partial charge in [0.05, 0.1) is 22.5 Å². The summed E-state index contributed by atoms with van der Waals surface area (Å²) in [7, 11) is 0. The first kappa shape index (κ1) is 20.7. The number of allylic oxidation sites excluding steroid dienone is 1. The molecule has 3 aromatic rings. The molecule has 0 spiro atoms. The molecule has 2 aromatic heterocycles. The Morgan fingerprint density at radius 3 is 2.70 bits per heavy atom. The fourth-order valence-corrected chi connectivity index (χ4v) is 4.12. The van der Waals surface area contributed by atoms with E-state index in [0.29, 0.717) is 25.3 Å². The van der Waals surface area contributed by atoms with Gasteiger partial charge in [-0.3, -0.25) is 14.1 Å². The number of alkyl halides is 3. The molecule has 3 heterocycles. The zero-order chi connectivity index (χ0) is 21.6. The summed E-state index contributed by atoms with van der Waals surface area (Å²) >= 11 is 0. The normalized spacial score (nSPS) is 18.1. The molecule has 1 fully saturated rings. The van der Waals surface area contributed by atoms with Crippen LogP contribution in [0.4, 0.5) is 13.2 Å². The van der Waals surface area contributed by atoms with Crippen molar-refractivity contribution in [3.63, 3.8) is 0 Å². The largest absolute Gasteiger partial charge is 0.393 e. The Morgan fingerprint density at radius 1 is 1.27 bits per heavy atom. The maximum absolute atomic E-state index is 13.3. The fraction of sp³-hybridized carbons (Fsp3) is 0.455. The summed E-state index contributed by atoms with van der Waals surface area (Å²) in [6.45, 7) is 9.13. The first-order valence-corrected chi connectivity index (χ1v) is 10.1.